The number of aromatic nitrogens is 3. The minimum atomic E-state index is 0.0152. The molecule has 3 aliphatic heterocycles. The lowest BCUT2D eigenvalue weighted by Gasteiger charge is -2.49. The van der Waals surface area contributed by atoms with E-state index in [1.54, 1.807) is 6.26 Å². The highest BCUT2D eigenvalue weighted by atomic mass is 16.3. The fourth-order valence-electron chi connectivity index (χ4n) is 4.29. The second kappa shape index (κ2) is 7.11. The molecule has 2 aromatic rings. The quantitative estimate of drug-likeness (QED) is 0.872. The van der Waals surface area contributed by atoms with E-state index in [9.17, 15) is 4.79 Å². The van der Waals surface area contributed by atoms with Gasteiger partial charge in [0.25, 0.3) is 0 Å². The van der Waals surface area contributed by atoms with Crippen molar-refractivity contribution < 1.29 is 9.21 Å². The summed E-state index contributed by atoms with van der Waals surface area (Å²) < 4.78 is 7.27. The molecule has 0 aromatic carbocycles. The lowest BCUT2D eigenvalue weighted by Crippen LogP contribution is -2.57. The molecule has 7 nitrogen and oxygen atoms in total. The number of nitrogens with one attached hydrogen (secondary N) is 1. The van der Waals surface area contributed by atoms with Gasteiger partial charge in [0.2, 0.25) is 5.91 Å². The van der Waals surface area contributed by atoms with Gasteiger partial charge in [0.1, 0.15) is 5.76 Å². The number of fused-ring (bicyclic) bond motifs is 3. The van der Waals surface area contributed by atoms with Gasteiger partial charge in [-0.2, -0.15) is 0 Å². The van der Waals surface area contributed by atoms with Crippen molar-refractivity contribution in [3.05, 3.63) is 36.0 Å². The van der Waals surface area contributed by atoms with Crippen molar-refractivity contribution in [2.24, 2.45) is 11.8 Å². The van der Waals surface area contributed by atoms with Gasteiger partial charge in [0, 0.05) is 24.2 Å². The van der Waals surface area contributed by atoms with Crippen LogP contribution in [0.25, 0.3) is 0 Å². The molecule has 5 rings (SSSR count). The Bertz CT molecular complexity index is 777. The first-order valence-corrected chi connectivity index (χ1v) is 9.85. The predicted octanol–water partition coefficient (Wildman–Crippen LogP) is 2.20. The zero-order chi connectivity index (χ0) is 19.0. The Morgan fingerprint density at radius 1 is 1.41 bits per heavy atom. The summed E-state index contributed by atoms with van der Waals surface area (Å²) in [7, 11) is 0. The Morgan fingerprint density at radius 2 is 2.26 bits per heavy atom. The van der Waals surface area contributed by atoms with Crippen LogP contribution in [-0.4, -0.2) is 44.9 Å². The average molecular weight is 371 g/mol. The Morgan fingerprint density at radius 3 is 2.89 bits per heavy atom. The summed E-state index contributed by atoms with van der Waals surface area (Å²) in [6, 6.07) is 4.17. The third kappa shape index (κ3) is 3.93. The van der Waals surface area contributed by atoms with Crippen LogP contribution in [0.5, 0.6) is 0 Å². The SMILES string of the molecule is CC(C)(C)c1cn(CC2CC3CCN2CC3C(=O)NCc2ccco2)nn1. The normalized spacial score (nSPS) is 27.7. The van der Waals surface area contributed by atoms with Crippen molar-refractivity contribution in [2.45, 2.75) is 58.2 Å². The monoisotopic (exact) mass is 371 g/mol. The van der Waals surface area contributed by atoms with E-state index in [-0.39, 0.29) is 17.2 Å². The fourth-order valence-corrected chi connectivity index (χ4v) is 4.29. The molecule has 0 saturated carbocycles. The van der Waals surface area contributed by atoms with Crippen molar-refractivity contribution in [1.82, 2.24) is 25.2 Å². The molecular weight excluding hydrogens is 342 g/mol. The van der Waals surface area contributed by atoms with E-state index < -0.39 is 0 Å². The minimum absolute atomic E-state index is 0.0152. The second-order valence-electron chi connectivity index (χ2n) is 8.91. The summed E-state index contributed by atoms with van der Waals surface area (Å²) in [4.78, 5) is 15.1. The van der Waals surface area contributed by atoms with E-state index in [4.69, 9.17) is 4.42 Å². The number of hydrogen-bond donors (Lipinski definition) is 1. The summed E-state index contributed by atoms with van der Waals surface area (Å²) in [6.45, 7) is 9.67. The Balaban J connectivity index is 1.34. The van der Waals surface area contributed by atoms with Gasteiger partial charge in [-0.1, -0.05) is 26.0 Å². The van der Waals surface area contributed by atoms with Crippen LogP contribution in [0.15, 0.2) is 29.0 Å². The van der Waals surface area contributed by atoms with Crippen LogP contribution in [0.2, 0.25) is 0 Å². The van der Waals surface area contributed by atoms with Crippen molar-refractivity contribution in [3.8, 4) is 0 Å². The smallest absolute Gasteiger partial charge is 0.225 e. The van der Waals surface area contributed by atoms with Gasteiger partial charge in [-0.15, -0.1) is 5.10 Å². The maximum absolute atomic E-state index is 12.7. The van der Waals surface area contributed by atoms with E-state index in [2.05, 4.69) is 47.5 Å². The largest absolute Gasteiger partial charge is 0.467 e. The van der Waals surface area contributed by atoms with Gasteiger partial charge in [-0.25, -0.2) is 0 Å². The molecular formula is C20H29N5O2. The van der Waals surface area contributed by atoms with Crippen LogP contribution >= 0.6 is 0 Å². The van der Waals surface area contributed by atoms with Crippen LogP contribution in [0.3, 0.4) is 0 Å². The Hall–Kier alpha value is -2.15. The van der Waals surface area contributed by atoms with Crippen LogP contribution in [0.1, 0.15) is 45.1 Å². The van der Waals surface area contributed by atoms with Gasteiger partial charge in [0.05, 0.1) is 31.0 Å². The molecule has 2 bridgehead atoms. The maximum atomic E-state index is 12.7. The second-order valence-corrected chi connectivity index (χ2v) is 8.91. The lowest BCUT2D eigenvalue weighted by molar-refractivity contribution is -0.133. The number of carbonyl (C=O) groups is 1. The molecule has 0 radical (unpaired) electrons. The molecule has 7 heteroatoms. The van der Waals surface area contributed by atoms with E-state index >= 15 is 0 Å². The molecule has 0 spiro atoms. The summed E-state index contributed by atoms with van der Waals surface area (Å²) >= 11 is 0. The number of amides is 1. The molecule has 1 amide bonds. The maximum Gasteiger partial charge on any atom is 0.225 e. The van der Waals surface area contributed by atoms with Gasteiger partial charge in [0.15, 0.2) is 0 Å². The highest BCUT2D eigenvalue weighted by Crippen LogP contribution is 2.37. The summed E-state index contributed by atoms with van der Waals surface area (Å²) in [6.07, 6.45) is 5.84. The number of furan rings is 1. The van der Waals surface area contributed by atoms with Gasteiger partial charge in [-0.3, -0.25) is 14.4 Å². The molecule has 5 heterocycles. The van der Waals surface area contributed by atoms with E-state index in [0.717, 1.165) is 43.9 Å². The molecule has 0 aliphatic carbocycles. The lowest BCUT2D eigenvalue weighted by atomic mass is 9.75. The number of piperidine rings is 3. The summed E-state index contributed by atoms with van der Waals surface area (Å²) in [5, 5.41) is 11.7. The van der Waals surface area contributed by atoms with Crippen LogP contribution in [-0.2, 0) is 23.3 Å². The van der Waals surface area contributed by atoms with Crippen molar-refractivity contribution in [3.63, 3.8) is 0 Å². The zero-order valence-electron chi connectivity index (χ0n) is 16.4. The number of hydrogen-bond acceptors (Lipinski definition) is 5. The average Bonchev–Trinajstić information content (AvgIpc) is 3.31. The highest BCUT2D eigenvalue weighted by Gasteiger charge is 2.43. The number of nitrogens with zero attached hydrogens (tertiary/aromatic N) is 4. The number of rotatable bonds is 5. The van der Waals surface area contributed by atoms with Crippen molar-refractivity contribution >= 4 is 5.91 Å². The van der Waals surface area contributed by atoms with Crippen molar-refractivity contribution in [1.29, 1.82) is 0 Å². The molecule has 27 heavy (non-hydrogen) atoms. The topological polar surface area (TPSA) is 76.2 Å². The molecule has 146 valence electrons. The Kier molecular flexibility index (Phi) is 4.80. The molecule has 4 atom stereocenters. The minimum Gasteiger partial charge on any atom is -0.467 e. The molecule has 3 saturated heterocycles. The first kappa shape index (κ1) is 18.2. The Labute approximate surface area is 160 Å². The number of carbonyl (C=O) groups excluding carboxylic acids is 1. The van der Waals surface area contributed by atoms with Crippen LogP contribution < -0.4 is 5.32 Å². The standard InChI is InChI=1S/C20H29N5O2/c1-20(2,3)18-13-25(23-22-18)11-15-9-14-6-7-24(15)12-17(14)19(26)21-10-16-5-4-8-27-16/h4-5,8,13-15,17H,6-7,9-12H2,1-3H3,(H,21,26). The molecule has 2 aromatic heterocycles. The van der Waals surface area contributed by atoms with Crippen LogP contribution in [0, 0.1) is 11.8 Å². The van der Waals surface area contributed by atoms with Gasteiger partial charge < -0.3 is 9.73 Å². The molecule has 3 fully saturated rings. The molecule has 1 N–H and O–H groups in total. The van der Waals surface area contributed by atoms with E-state index in [1.165, 1.54) is 0 Å². The van der Waals surface area contributed by atoms with Gasteiger partial charge >= 0.3 is 0 Å². The first-order chi connectivity index (χ1) is 12.9. The highest BCUT2D eigenvalue weighted by molar-refractivity contribution is 5.79. The molecule has 3 aliphatic rings. The third-order valence-corrected chi connectivity index (χ3v) is 5.94. The molecule has 4 unspecified atom stereocenters. The van der Waals surface area contributed by atoms with E-state index in [1.807, 2.05) is 16.8 Å². The summed E-state index contributed by atoms with van der Waals surface area (Å²) in [5.74, 6) is 1.46. The predicted molar refractivity (Wildman–Crippen MR) is 101 cm³/mol. The van der Waals surface area contributed by atoms with Crippen molar-refractivity contribution in [2.75, 3.05) is 13.1 Å². The first-order valence-electron chi connectivity index (χ1n) is 9.85. The van der Waals surface area contributed by atoms with Crippen LogP contribution in [0.4, 0.5) is 0 Å². The summed E-state index contributed by atoms with van der Waals surface area (Å²) in [5.41, 5.74) is 1.04. The zero-order valence-corrected chi connectivity index (χ0v) is 16.4. The third-order valence-electron chi connectivity index (χ3n) is 5.94. The fraction of sp³-hybridized carbons (Fsp3) is 0.650. The van der Waals surface area contributed by atoms with Gasteiger partial charge in [-0.05, 0) is 37.4 Å². The van der Waals surface area contributed by atoms with E-state index in [0.29, 0.717) is 18.5 Å².